The summed E-state index contributed by atoms with van der Waals surface area (Å²) < 4.78 is 8.16. The number of hydrogen-bond acceptors (Lipinski definition) is 9. The van der Waals surface area contributed by atoms with Crippen LogP contribution in [0.25, 0.3) is 11.3 Å². The van der Waals surface area contributed by atoms with Crippen LogP contribution in [0.1, 0.15) is 90.5 Å². The SMILES string of the molecule is Cn1ncc(-c2nc(NC3CCC(NCc4ccc(COc5cccc6c5CN(C5CCCC(=O)NC5=O)C6=O)cc4)CC3)ncc2Cl)c1CC1CC1. The first-order valence-electron chi connectivity index (χ1n) is 18.8. The molecule has 8 rings (SSSR count). The summed E-state index contributed by atoms with van der Waals surface area (Å²) in [6.07, 6.45) is 12.6. The first-order valence-corrected chi connectivity index (χ1v) is 19.2. The van der Waals surface area contributed by atoms with Gasteiger partial charge in [0.25, 0.3) is 5.91 Å². The van der Waals surface area contributed by atoms with E-state index in [0.29, 0.717) is 53.8 Å². The van der Waals surface area contributed by atoms with Crippen LogP contribution >= 0.6 is 11.6 Å². The van der Waals surface area contributed by atoms with Crippen molar-refractivity contribution in [1.82, 2.24) is 35.3 Å². The maximum Gasteiger partial charge on any atom is 0.255 e. The molecule has 2 aliphatic heterocycles. The first-order chi connectivity index (χ1) is 25.8. The lowest BCUT2D eigenvalue weighted by Gasteiger charge is -2.30. The number of carbonyl (C=O) groups is 3. The van der Waals surface area contributed by atoms with Crippen LogP contribution in [0, 0.1) is 5.92 Å². The standard InChI is InChI=1S/C40H45ClN8O4/c1-48-34(18-24-8-9-24)30(20-44-48)37-32(41)21-43-40(47-37)45-28-16-14-27(15-17-28)42-19-25-10-12-26(13-11-25)23-53-35-6-2-4-29-31(35)22-49(39(29)52)33-5-3-7-36(50)46-38(33)51/h2,4,6,10-13,20-21,24,27-28,33,42H,3,5,7-9,14-19,22-23H2,1H3,(H,43,45,47)(H,46,50,51). The molecular formula is C40H45ClN8O4. The fraction of sp³-hybridized carbons (Fsp3) is 0.450. The number of nitrogens with zero attached hydrogens (tertiary/aromatic N) is 5. The van der Waals surface area contributed by atoms with Gasteiger partial charge in [-0.1, -0.05) is 41.9 Å². The minimum atomic E-state index is -0.664. The second kappa shape index (κ2) is 15.3. The fourth-order valence-corrected chi connectivity index (χ4v) is 8.00. The molecule has 2 aromatic carbocycles. The number of anilines is 1. The second-order valence-electron chi connectivity index (χ2n) is 14.9. The number of carbonyl (C=O) groups excluding carboxylic acids is 3. The van der Waals surface area contributed by atoms with Crippen LogP contribution in [0.5, 0.6) is 5.75 Å². The zero-order valence-electron chi connectivity index (χ0n) is 29.9. The van der Waals surface area contributed by atoms with Crippen molar-refractivity contribution in [1.29, 1.82) is 0 Å². The van der Waals surface area contributed by atoms with Crippen molar-refractivity contribution in [2.45, 2.75) is 102 Å². The Labute approximate surface area is 314 Å². The zero-order valence-corrected chi connectivity index (χ0v) is 30.7. The summed E-state index contributed by atoms with van der Waals surface area (Å²) in [4.78, 5) is 48.6. The molecule has 53 heavy (non-hydrogen) atoms. The predicted molar refractivity (Wildman–Crippen MR) is 200 cm³/mol. The van der Waals surface area contributed by atoms with Crippen LogP contribution in [0.4, 0.5) is 5.95 Å². The maximum absolute atomic E-state index is 13.3. The van der Waals surface area contributed by atoms with Gasteiger partial charge in [0.15, 0.2) is 0 Å². The molecule has 1 unspecified atom stereocenters. The van der Waals surface area contributed by atoms with E-state index in [1.165, 1.54) is 24.1 Å². The van der Waals surface area contributed by atoms with Gasteiger partial charge in [0.2, 0.25) is 17.8 Å². The Kier molecular flexibility index (Phi) is 10.2. The van der Waals surface area contributed by atoms with E-state index in [1.54, 1.807) is 23.2 Å². The highest BCUT2D eigenvalue weighted by Crippen LogP contribution is 2.37. The summed E-state index contributed by atoms with van der Waals surface area (Å²) in [7, 11) is 1.98. The van der Waals surface area contributed by atoms with Crippen molar-refractivity contribution in [3.8, 4) is 17.0 Å². The van der Waals surface area contributed by atoms with E-state index in [1.807, 2.05) is 24.0 Å². The van der Waals surface area contributed by atoms with Gasteiger partial charge in [-0.25, -0.2) is 9.97 Å². The van der Waals surface area contributed by atoms with E-state index < -0.39 is 11.9 Å². The van der Waals surface area contributed by atoms with Crippen LogP contribution in [-0.2, 0) is 42.8 Å². The van der Waals surface area contributed by atoms with Crippen LogP contribution in [0.3, 0.4) is 0 Å². The summed E-state index contributed by atoms with van der Waals surface area (Å²) >= 11 is 6.59. The monoisotopic (exact) mass is 736 g/mol. The van der Waals surface area contributed by atoms with Gasteiger partial charge in [-0.15, -0.1) is 0 Å². The second-order valence-corrected chi connectivity index (χ2v) is 15.3. The van der Waals surface area contributed by atoms with Crippen LogP contribution in [0.15, 0.2) is 54.9 Å². The molecule has 1 saturated heterocycles. The molecule has 1 atom stereocenters. The smallest absolute Gasteiger partial charge is 0.255 e. The number of aryl methyl sites for hydroxylation is 1. The van der Waals surface area contributed by atoms with Gasteiger partial charge in [0.05, 0.1) is 29.7 Å². The van der Waals surface area contributed by atoms with E-state index in [-0.39, 0.29) is 24.8 Å². The van der Waals surface area contributed by atoms with Crippen LogP contribution in [0.2, 0.25) is 5.02 Å². The van der Waals surface area contributed by atoms with Gasteiger partial charge in [-0.3, -0.25) is 24.4 Å². The Bertz CT molecular complexity index is 2000. The van der Waals surface area contributed by atoms with Crippen molar-refractivity contribution >= 4 is 35.3 Å². The minimum absolute atomic E-state index is 0.204. The summed E-state index contributed by atoms with van der Waals surface area (Å²) in [6, 6.07) is 13.9. The number of ether oxygens (including phenoxy) is 1. The molecule has 13 heteroatoms. The molecular weight excluding hydrogens is 692 g/mol. The Morgan fingerprint density at radius 3 is 2.49 bits per heavy atom. The number of imide groups is 1. The topological polar surface area (TPSA) is 143 Å². The van der Waals surface area contributed by atoms with Gasteiger partial charge in [-0.05, 0) is 87.0 Å². The van der Waals surface area contributed by atoms with Gasteiger partial charge in [-0.2, -0.15) is 5.10 Å². The molecule has 3 amide bonds. The van der Waals surface area contributed by atoms with Crippen molar-refractivity contribution in [2.24, 2.45) is 13.0 Å². The Balaban J connectivity index is 0.802. The number of halogens is 1. The zero-order chi connectivity index (χ0) is 36.5. The molecule has 4 aliphatic rings. The van der Waals surface area contributed by atoms with E-state index in [4.69, 9.17) is 21.3 Å². The molecule has 2 aromatic heterocycles. The molecule has 276 valence electrons. The minimum Gasteiger partial charge on any atom is -0.489 e. The number of rotatable bonds is 12. The fourth-order valence-electron chi connectivity index (χ4n) is 7.81. The lowest BCUT2D eigenvalue weighted by molar-refractivity contribution is -0.132. The molecule has 2 saturated carbocycles. The van der Waals surface area contributed by atoms with Crippen LogP contribution in [-0.4, -0.2) is 60.5 Å². The third-order valence-corrected chi connectivity index (χ3v) is 11.4. The number of fused-ring (bicyclic) bond motifs is 1. The lowest BCUT2D eigenvalue weighted by atomic mass is 9.91. The molecule has 12 nitrogen and oxygen atoms in total. The molecule has 0 spiro atoms. The molecule has 3 N–H and O–H groups in total. The molecule has 0 radical (unpaired) electrons. The number of aromatic nitrogens is 4. The Morgan fingerprint density at radius 2 is 1.70 bits per heavy atom. The van der Waals surface area contributed by atoms with E-state index in [9.17, 15) is 14.4 Å². The maximum atomic E-state index is 13.3. The molecule has 2 aliphatic carbocycles. The average molecular weight is 737 g/mol. The molecule has 3 fully saturated rings. The van der Waals surface area contributed by atoms with Crippen molar-refractivity contribution in [3.05, 3.63) is 87.8 Å². The Hall–Kier alpha value is -4.81. The van der Waals surface area contributed by atoms with Gasteiger partial charge in [0.1, 0.15) is 18.4 Å². The van der Waals surface area contributed by atoms with Crippen LogP contribution < -0.4 is 20.7 Å². The average Bonchev–Trinajstić information content (AvgIpc) is 3.87. The quantitative estimate of drug-likeness (QED) is 0.156. The van der Waals surface area contributed by atoms with E-state index in [0.717, 1.165) is 67.0 Å². The lowest BCUT2D eigenvalue weighted by Crippen LogP contribution is -2.46. The number of hydrogen-bond donors (Lipinski definition) is 3. The predicted octanol–water partition coefficient (Wildman–Crippen LogP) is 5.73. The largest absolute Gasteiger partial charge is 0.489 e. The third-order valence-electron chi connectivity index (χ3n) is 11.1. The first kappa shape index (κ1) is 35.2. The highest BCUT2D eigenvalue weighted by molar-refractivity contribution is 6.33. The van der Waals surface area contributed by atoms with Crippen molar-refractivity contribution in [3.63, 3.8) is 0 Å². The number of amides is 3. The van der Waals surface area contributed by atoms with E-state index in [2.05, 4.69) is 50.3 Å². The van der Waals surface area contributed by atoms with Crippen molar-refractivity contribution in [2.75, 3.05) is 5.32 Å². The molecule has 4 aromatic rings. The summed E-state index contributed by atoms with van der Waals surface area (Å²) in [6.45, 7) is 1.42. The molecule has 0 bridgehead atoms. The Morgan fingerprint density at radius 1 is 0.925 bits per heavy atom. The van der Waals surface area contributed by atoms with Gasteiger partial charge < -0.3 is 20.3 Å². The number of nitrogens with one attached hydrogen (secondary N) is 3. The third kappa shape index (κ3) is 7.94. The summed E-state index contributed by atoms with van der Waals surface area (Å²) in [5, 5.41) is 14.8. The summed E-state index contributed by atoms with van der Waals surface area (Å²) in [5.74, 6) is 1.07. The molecule has 4 heterocycles. The number of benzene rings is 2. The normalized spacial score (nSPS) is 21.7. The summed E-state index contributed by atoms with van der Waals surface area (Å²) in [5.41, 5.74) is 6.47. The van der Waals surface area contributed by atoms with Gasteiger partial charge in [0, 0.05) is 54.5 Å². The highest BCUT2D eigenvalue weighted by atomic mass is 35.5. The van der Waals surface area contributed by atoms with E-state index >= 15 is 0 Å². The van der Waals surface area contributed by atoms with Gasteiger partial charge >= 0.3 is 0 Å². The van der Waals surface area contributed by atoms with Crippen molar-refractivity contribution < 1.29 is 19.1 Å². The highest BCUT2D eigenvalue weighted by Gasteiger charge is 2.39.